The molecule has 0 saturated carbocycles. The number of hydrogen-bond donors (Lipinski definition) is 2. The highest BCUT2D eigenvalue weighted by Crippen LogP contribution is 2.20. The van der Waals surface area contributed by atoms with Gasteiger partial charge in [-0.05, 0) is 45.1 Å². The monoisotopic (exact) mass is 310 g/mol. The van der Waals surface area contributed by atoms with E-state index in [2.05, 4.69) is 15.7 Å². The Morgan fingerprint density at radius 2 is 2.00 bits per heavy atom. The zero-order chi connectivity index (χ0) is 15.6. The molecule has 0 aliphatic heterocycles. The van der Waals surface area contributed by atoms with Gasteiger partial charge in [-0.2, -0.15) is 5.10 Å². The van der Waals surface area contributed by atoms with E-state index in [0.29, 0.717) is 0 Å². The van der Waals surface area contributed by atoms with Crippen LogP contribution < -0.4 is 10.6 Å². The van der Waals surface area contributed by atoms with Gasteiger partial charge in [-0.25, -0.2) is 8.78 Å². The average molecular weight is 310 g/mol. The van der Waals surface area contributed by atoms with Gasteiger partial charge in [0.25, 0.3) is 0 Å². The highest BCUT2D eigenvalue weighted by atomic mass is 32.1. The van der Waals surface area contributed by atoms with E-state index in [0.717, 1.165) is 29.7 Å². The van der Waals surface area contributed by atoms with Gasteiger partial charge < -0.3 is 10.6 Å². The van der Waals surface area contributed by atoms with Gasteiger partial charge in [0, 0.05) is 12.6 Å². The van der Waals surface area contributed by atoms with E-state index in [1.54, 1.807) is 0 Å². The predicted molar refractivity (Wildman–Crippen MR) is 83.6 cm³/mol. The van der Waals surface area contributed by atoms with Crippen LogP contribution in [0.25, 0.3) is 0 Å². The van der Waals surface area contributed by atoms with Gasteiger partial charge in [-0.15, -0.1) is 0 Å². The van der Waals surface area contributed by atoms with Gasteiger partial charge in [0.15, 0.2) is 5.11 Å². The Bertz CT molecular complexity index is 682. The molecule has 2 aromatic rings. The highest BCUT2D eigenvalue weighted by Gasteiger charge is 2.12. The number of benzene rings is 1. The summed E-state index contributed by atoms with van der Waals surface area (Å²) in [5.41, 5.74) is 2.65. The maximum absolute atomic E-state index is 13.6. The smallest absolute Gasteiger partial charge is 0.175 e. The summed E-state index contributed by atoms with van der Waals surface area (Å²) in [6, 6.07) is 3.27. The topological polar surface area (TPSA) is 41.9 Å². The maximum atomic E-state index is 13.6. The summed E-state index contributed by atoms with van der Waals surface area (Å²) in [6.07, 6.45) is 0. The zero-order valence-corrected chi connectivity index (χ0v) is 12.8. The largest absolute Gasteiger partial charge is 0.330 e. The van der Waals surface area contributed by atoms with Crippen molar-refractivity contribution in [2.45, 2.75) is 27.3 Å². The van der Waals surface area contributed by atoms with Crippen molar-refractivity contribution in [3.8, 4) is 0 Å². The lowest BCUT2D eigenvalue weighted by Crippen LogP contribution is -2.20. The summed E-state index contributed by atoms with van der Waals surface area (Å²) in [5.74, 6) is -1.33. The third-order valence-corrected chi connectivity index (χ3v) is 3.30. The van der Waals surface area contributed by atoms with Crippen molar-refractivity contribution in [3.63, 3.8) is 0 Å². The molecule has 2 N–H and O–H groups in total. The van der Waals surface area contributed by atoms with E-state index in [1.807, 2.05) is 25.5 Å². The van der Waals surface area contributed by atoms with Gasteiger partial charge in [0.1, 0.15) is 11.6 Å². The molecule has 0 amide bonds. The van der Waals surface area contributed by atoms with Gasteiger partial charge >= 0.3 is 0 Å². The molecule has 0 spiro atoms. The molecule has 1 heterocycles. The quantitative estimate of drug-likeness (QED) is 0.850. The molecule has 0 saturated heterocycles. The minimum Gasteiger partial charge on any atom is -0.330 e. The first-order valence-corrected chi connectivity index (χ1v) is 6.90. The number of thiocarbonyl (C=S) groups is 1. The fraction of sp³-hybridized carbons (Fsp3) is 0.286. The van der Waals surface area contributed by atoms with Crippen LogP contribution in [0.2, 0.25) is 0 Å². The minimum absolute atomic E-state index is 0.118. The van der Waals surface area contributed by atoms with E-state index >= 15 is 0 Å². The molecular formula is C14H16F2N4S. The first kappa shape index (κ1) is 15.4. The van der Waals surface area contributed by atoms with Crippen molar-refractivity contribution in [1.82, 2.24) is 9.78 Å². The molecule has 2 rings (SSSR count). The third-order valence-electron chi connectivity index (χ3n) is 3.10. The summed E-state index contributed by atoms with van der Waals surface area (Å²) in [5, 5.41) is 10.3. The molecule has 0 unspecified atom stereocenters. The lowest BCUT2D eigenvalue weighted by atomic mass is 10.3. The number of nitrogens with one attached hydrogen (secondary N) is 2. The van der Waals surface area contributed by atoms with Crippen LogP contribution in [0.4, 0.5) is 20.2 Å². The second-order valence-corrected chi connectivity index (χ2v) is 4.97. The summed E-state index contributed by atoms with van der Waals surface area (Å²) in [7, 11) is 0. The van der Waals surface area contributed by atoms with Crippen LogP contribution in [-0.2, 0) is 6.54 Å². The van der Waals surface area contributed by atoms with Crippen LogP contribution in [0.1, 0.15) is 18.3 Å². The molecule has 1 aromatic heterocycles. The standard InChI is InChI=1S/C14H16F2N4S/c1-4-20-9(3)13(8(2)19-20)18-14(21)17-12-6-5-10(15)7-11(12)16/h5-7H,4H2,1-3H3,(H2,17,18,21). The Morgan fingerprint density at radius 1 is 1.29 bits per heavy atom. The van der Waals surface area contributed by atoms with Crippen molar-refractivity contribution < 1.29 is 8.78 Å². The third kappa shape index (κ3) is 3.36. The number of halogens is 2. The second kappa shape index (κ2) is 6.17. The fourth-order valence-electron chi connectivity index (χ4n) is 2.04. The molecule has 1 aromatic carbocycles. The fourth-order valence-corrected chi connectivity index (χ4v) is 2.26. The number of aromatic nitrogens is 2. The van der Waals surface area contributed by atoms with E-state index in [-0.39, 0.29) is 10.8 Å². The van der Waals surface area contributed by atoms with Crippen molar-refractivity contribution in [1.29, 1.82) is 0 Å². The molecule has 0 aliphatic carbocycles. The molecule has 0 aliphatic rings. The molecule has 4 nitrogen and oxygen atoms in total. The van der Waals surface area contributed by atoms with Crippen molar-refractivity contribution >= 4 is 28.7 Å². The summed E-state index contributed by atoms with van der Waals surface area (Å²) < 4.78 is 28.3. The molecule has 7 heteroatoms. The van der Waals surface area contributed by atoms with Crippen molar-refractivity contribution in [3.05, 3.63) is 41.2 Å². The van der Waals surface area contributed by atoms with E-state index in [9.17, 15) is 8.78 Å². The molecule has 112 valence electrons. The minimum atomic E-state index is -0.697. The van der Waals surface area contributed by atoms with Gasteiger partial charge in [0.05, 0.1) is 22.8 Å². The summed E-state index contributed by atoms with van der Waals surface area (Å²) >= 11 is 5.16. The lowest BCUT2D eigenvalue weighted by molar-refractivity contribution is 0.586. The van der Waals surface area contributed by atoms with Crippen LogP contribution in [0.15, 0.2) is 18.2 Å². The Balaban J connectivity index is 2.13. The van der Waals surface area contributed by atoms with Crippen molar-refractivity contribution in [2.75, 3.05) is 10.6 Å². The molecular weight excluding hydrogens is 294 g/mol. The van der Waals surface area contributed by atoms with E-state index in [4.69, 9.17) is 12.2 Å². The normalized spacial score (nSPS) is 10.5. The van der Waals surface area contributed by atoms with Crippen LogP contribution in [0.3, 0.4) is 0 Å². The average Bonchev–Trinajstić information content (AvgIpc) is 2.69. The zero-order valence-electron chi connectivity index (χ0n) is 12.0. The molecule has 0 radical (unpaired) electrons. The number of nitrogens with zero attached hydrogens (tertiary/aromatic N) is 2. The van der Waals surface area contributed by atoms with E-state index < -0.39 is 11.6 Å². The lowest BCUT2D eigenvalue weighted by Gasteiger charge is -2.11. The SMILES string of the molecule is CCn1nc(C)c(NC(=S)Nc2ccc(F)cc2F)c1C. The number of rotatable bonds is 3. The number of hydrogen-bond acceptors (Lipinski definition) is 2. The first-order chi connectivity index (χ1) is 9.92. The Kier molecular flexibility index (Phi) is 4.52. The number of aryl methyl sites for hydroxylation is 2. The van der Waals surface area contributed by atoms with E-state index in [1.165, 1.54) is 12.1 Å². The Labute approximate surface area is 127 Å². The van der Waals surface area contributed by atoms with Crippen LogP contribution in [-0.4, -0.2) is 14.9 Å². The van der Waals surface area contributed by atoms with Crippen molar-refractivity contribution in [2.24, 2.45) is 0 Å². The maximum Gasteiger partial charge on any atom is 0.175 e. The first-order valence-electron chi connectivity index (χ1n) is 6.49. The number of anilines is 2. The molecule has 0 fully saturated rings. The van der Waals surface area contributed by atoms with Crippen LogP contribution in [0, 0.1) is 25.5 Å². The Morgan fingerprint density at radius 3 is 2.57 bits per heavy atom. The summed E-state index contributed by atoms with van der Waals surface area (Å²) in [6.45, 7) is 6.53. The Hall–Kier alpha value is -2.02. The van der Waals surface area contributed by atoms with Gasteiger partial charge in [-0.1, -0.05) is 0 Å². The molecule has 21 heavy (non-hydrogen) atoms. The summed E-state index contributed by atoms with van der Waals surface area (Å²) in [4.78, 5) is 0. The highest BCUT2D eigenvalue weighted by molar-refractivity contribution is 7.80. The molecule has 0 bridgehead atoms. The predicted octanol–water partition coefficient (Wildman–Crippen LogP) is 3.61. The van der Waals surface area contributed by atoms with Crippen LogP contribution in [0.5, 0.6) is 0 Å². The second-order valence-electron chi connectivity index (χ2n) is 4.56. The van der Waals surface area contributed by atoms with Crippen LogP contribution >= 0.6 is 12.2 Å². The van der Waals surface area contributed by atoms with Gasteiger partial charge in [-0.3, -0.25) is 4.68 Å². The molecule has 0 atom stereocenters. The van der Waals surface area contributed by atoms with Gasteiger partial charge in [0.2, 0.25) is 0 Å².